The van der Waals surface area contributed by atoms with Crippen LogP contribution in [0.4, 0.5) is 0 Å². The third-order valence-electron chi connectivity index (χ3n) is 6.43. The van der Waals surface area contributed by atoms with Gasteiger partial charge >= 0.3 is 0 Å². The van der Waals surface area contributed by atoms with Gasteiger partial charge in [-0.15, -0.1) is 0 Å². The number of aromatic nitrogens is 2. The SMILES string of the molecule is COc1ccc(-c2cnc(SCC(=O)NC(C)[C@@H]3C[C@@H](Cc4ccc(Cl)c(Cl)c4)CN3)nc2)cc1OC. The zero-order valence-corrected chi connectivity index (χ0v) is 23.3. The van der Waals surface area contributed by atoms with Gasteiger partial charge in [-0.3, -0.25) is 4.79 Å². The third-order valence-corrected chi connectivity index (χ3v) is 8.05. The first-order chi connectivity index (χ1) is 17.9. The van der Waals surface area contributed by atoms with Gasteiger partial charge in [0, 0.05) is 30.0 Å². The second kappa shape index (κ2) is 12.8. The molecule has 1 aromatic heterocycles. The number of hydrogen-bond acceptors (Lipinski definition) is 7. The predicted molar refractivity (Wildman–Crippen MR) is 149 cm³/mol. The Kier molecular flexibility index (Phi) is 9.54. The molecule has 1 aliphatic heterocycles. The van der Waals surface area contributed by atoms with Gasteiger partial charge in [-0.25, -0.2) is 9.97 Å². The number of amides is 1. The van der Waals surface area contributed by atoms with Gasteiger partial charge in [0.15, 0.2) is 16.7 Å². The number of carbonyl (C=O) groups excluding carboxylic acids is 1. The molecule has 0 aliphatic carbocycles. The lowest BCUT2D eigenvalue weighted by atomic mass is 9.95. The molecule has 3 atom stereocenters. The smallest absolute Gasteiger partial charge is 0.230 e. The number of methoxy groups -OCH3 is 2. The summed E-state index contributed by atoms with van der Waals surface area (Å²) in [5.41, 5.74) is 2.94. The number of nitrogens with one attached hydrogen (secondary N) is 2. The first-order valence-electron chi connectivity index (χ1n) is 12.0. The van der Waals surface area contributed by atoms with Gasteiger partial charge in [-0.1, -0.05) is 47.1 Å². The molecule has 2 heterocycles. The van der Waals surface area contributed by atoms with Crippen LogP contribution in [0.1, 0.15) is 18.9 Å². The van der Waals surface area contributed by atoms with Gasteiger partial charge in [0.25, 0.3) is 0 Å². The lowest BCUT2D eigenvalue weighted by molar-refractivity contribution is -0.119. The maximum Gasteiger partial charge on any atom is 0.230 e. The quantitative estimate of drug-likeness (QED) is 0.257. The Hall–Kier alpha value is -2.52. The summed E-state index contributed by atoms with van der Waals surface area (Å²) in [5, 5.41) is 8.36. The minimum atomic E-state index is -0.0419. The highest BCUT2D eigenvalue weighted by Gasteiger charge is 2.29. The highest BCUT2D eigenvalue weighted by Crippen LogP contribution is 2.32. The summed E-state index contributed by atoms with van der Waals surface area (Å²) in [4.78, 5) is 21.4. The van der Waals surface area contributed by atoms with Gasteiger partial charge in [0.05, 0.1) is 30.0 Å². The lowest BCUT2D eigenvalue weighted by Crippen LogP contribution is -2.46. The van der Waals surface area contributed by atoms with Crippen molar-refractivity contribution < 1.29 is 14.3 Å². The molecule has 2 N–H and O–H groups in total. The maximum absolute atomic E-state index is 12.6. The van der Waals surface area contributed by atoms with Gasteiger partial charge < -0.3 is 20.1 Å². The number of hydrogen-bond donors (Lipinski definition) is 2. The molecular formula is C27H30Cl2N4O3S. The van der Waals surface area contributed by atoms with Crippen LogP contribution >= 0.6 is 35.0 Å². The molecule has 4 rings (SSSR count). The van der Waals surface area contributed by atoms with E-state index in [0.717, 1.165) is 30.5 Å². The molecule has 1 aliphatic rings. The number of thioether (sulfide) groups is 1. The van der Waals surface area contributed by atoms with Crippen molar-refractivity contribution in [1.82, 2.24) is 20.6 Å². The van der Waals surface area contributed by atoms with E-state index in [2.05, 4.69) is 20.6 Å². The van der Waals surface area contributed by atoms with E-state index in [-0.39, 0.29) is 23.7 Å². The number of nitrogens with zero attached hydrogens (tertiary/aromatic N) is 2. The summed E-state index contributed by atoms with van der Waals surface area (Å²) in [7, 11) is 3.20. The van der Waals surface area contributed by atoms with Crippen LogP contribution in [0, 0.1) is 5.92 Å². The molecule has 1 unspecified atom stereocenters. The molecule has 10 heteroatoms. The first-order valence-corrected chi connectivity index (χ1v) is 13.7. The van der Waals surface area contributed by atoms with E-state index >= 15 is 0 Å². The summed E-state index contributed by atoms with van der Waals surface area (Å²) < 4.78 is 10.7. The Labute approximate surface area is 231 Å². The number of halogens is 2. The molecule has 1 amide bonds. The van der Waals surface area contributed by atoms with Crippen LogP contribution < -0.4 is 20.1 Å². The minimum absolute atomic E-state index is 0.0141. The minimum Gasteiger partial charge on any atom is -0.493 e. The van der Waals surface area contributed by atoms with Crippen molar-refractivity contribution in [2.75, 3.05) is 26.5 Å². The molecule has 7 nitrogen and oxygen atoms in total. The average molecular weight is 562 g/mol. The lowest BCUT2D eigenvalue weighted by Gasteiger charge is -2.21. The van der Waals surface area contributed by atoms with Crippen LogP contribution in [0.2, 0.25) is 10.0 Å². The number of ether oxygens (including phenoxy) is 2. The molecule has 0 spiro atoms. The summed E-state index contributed by atoms with van der Waals surface area (Å²) in [6.45, 7) is 2.94. The molecule has 0 saturated carbocycles. The van der Waals surface area contributed by atoms with E-state index in [0.29, 0.717) is 32.6 Å². The van der Waals surface area contributed by atoms with Gasteiger partial charge in [-0.05, 0) is 67.6 Å². The highest BCUT2D eigenvalue weighted by atomic mass is 35.5. The summed E-state index contributed by atoms with van der Waals surface area (Å²) in [5.74, 6) is 1.99. The van der Waals surface area contributed by atoms with Crippen LogP contribution in [0.15, 0.2) is 53.9 Å². The van der Waals surface area contributed by atoms with Crippen molar-refractivity contribution in [3.63, 3.8) is 0 Å². The van der Waals surface area contributed by atoms with Crippen molar-refractivity contribution in [2.45, 2.75) is 37.0 Å². The van der Waals surface area contributed by atoms with E-state index in [4.69, 9.17) is 32.7 Å². The van der Waals surface area contributed by atoms with Crippen LogP contribution in [0.25, 0.3) is 11.1 Å². The van der Waals surface area contributed by atoms with E-state index in [1.54, 1.807) is 26.6 Å². The Bertz CT molecular complexity index is 1230. The molecule has 1 saturated heterocycles. The van der Waals surface area contributed by atoms with E-state index in [9.17, 15) is 4.79 Å². The zero-order valence-electron chi connectivity index (χ0n) is 21.0. The van der Waals surface area contributed by atoms with Crippen LogP contribution in [-0.4, -0.2) is 54.5 Å². The van der Waals surface area contributed by atoms with E-state index in [1.165, 1.54) is 17.3 Å². The Balaban J connectivity index is 1.23. The number of benzene rings is 2. The van der Waals surface area contributed by atoms with Crippen molar-refractivity contribution in [3.05, 3.63) is 64.4 Å². The fourth-order valence-corrected chi connectivity index (χ4v) is 5.38. The van der Waals surface area contributed by atoms with Crippen molar-refractivity contribution in [2.24, 2.45) is 5.92 Å². The second-order valence-electron chi connectivity index (χ2n) is 9.04. The molecule has 37 heavy (non-hydrogen) atoms. The Morgan fingerprint density at radius 1 is 1.08 bits per heavy atom. The standard InChI is InChI=1S/C27H30Cl2N4O3S/c1-16(23-10-18(12-30-23)8-17-4-6-21(28)22(29)9-17)33-26(34)15-37-27-31-13-20(14-32-27)19-5-7-24(35-2)25(11-19)36-3/h4-7,9,11,13-14,16,18,23,30H,8,10,12,15H2,1-3H3,(H,33,34)/t16?,18-,23+/m1/s1. The van der Waals surface area contributed by atoms with Gasteiger partial charge in [0.2, 0.25) is 5.91 Å². The second-order valence-corrected chi connectivity index (χ2v) is 10.8. The predicted octanol–water partition coefficient (Wildman–Crippen LogP) is 5.29. The molecular weight excluding hydrogens is 531 g/mol. The van der Waals surface area contributed by atoms with Gasteiger partial charge in [0.1, 0.15) is 0 Å². The summed E-state index contributed by atoms with van der Waals surface area (Å²) in [6, 6.07) is 11.7. The monoisotopic (exact) mass is 560 g/mol. The summed E-state index contributed by atoms with van der Waals surface area (Å²) in [6.07, 6.45) is 5.39. The molecule has 3 aromatic rings. The van der Waals surface area contributed by atoms with Crippen molar-refractivity contribution in [3.8, 4) is 22.6 Å². The average Bonchev–Trinajstić information content (AvgIpc) is 3.38. The first kappa shape index (κ1) is 27.5. The normalized spacial score (nSPS) is 17.9. The summed E-state index contributed by atoms with van der Waals surface area (Å²) >= 11 is 13.5. The fourth-order valence-electron chi connectivity index (χ4n) is 4.46. The molecule has 196 valence electrons. The zero-order chi connectivity index (χ0) is 26.4. The largest absolute Gasteiger partial charge is 0.493 e. The van der Waals surface area contributed by atoms with Crippen molar-refractivity contribution >= 4 is 40.9 Å². The third kappa shape index (κ3) is 7.29. The van der Waals surface area contributed by atoms with Crippen LogP contribution in [-0.2, 0) is 11.2 Å². The topological polar surface area (TPSA) is 85.4 Å². The van der Waals surface area contributed by atoms with E-state index in [1.807, 2.05) is 43.3 Å². The van der Waals surface area contributed by atoms with E-state index < -0.39 is 0 Å². The molecule has 0 radical (unpaired) electrons. The Morgan fingerprint density at radius 3 is 2.54 bits per heavy atom. The Morgan fingerprint density at radius 2 is 1.84 bits per heavy atom. The maximum atomic E-state index is 12.6. The van der Waals surface area contributed by atoms with Crippen molar-refractivity contribution in [1.29, 1.82) is 0 Å². The van der Waals surface area contributed by atoms with Gasteiger partial charge in [-0.2, -0.15) is 0 Å². The fraction of sp³-hybridized carbons (Fsp3) is 0.370. The molecule has 0 bridgehead atoms. The molecule has 2 aromatic carbocycles. The molecule has 1 fully saturated rings. The van der Waals surface area contributed by atoms with Crippen LogP contribution in [0.3, 0.4) is 0 Å². The number of rotatable bonds is 10. The van der Waals surface area contributed by atoms with Crippen LogP contribution in [0.5, 0.6) is 11.5 Å². The highest BCUT2D eigenvalue weighted by molar-refractivity contribution is 7.99. The number of carbonyl (C=O) groups is 1.